The number of hydrogen-bond donors (Lipinski definition) is 2. The number of aliphatic hydroxyl groups is 1. The fourth-order valence-corrected chi connectivity index (χ4v) is 4.22. The minimum Gasteiger partial charge on any atom is -0.438 e. The average molecular weight is 539 g/mol. The molecule has 1 aliphatic rings. The van der Waals surface area contributed by atoms with Gasteiger partial charge in [0.1, 0.15) is 17.4 Å². The zero-order valence-electron chi connectivity index (χ0n) is 21.0. The monoisotopic (exact) mass is 538 g/mol. The molecular formula is C28H31ClN4O5. The zero-order valence-corrected chi connectivity index (χ0v) is 21.7. The highest BCUT2D eigenvalue weighted by molar-refractivity contribution is 6.30. The van der Waals surface area contributed by atoms with Gasteiger partial charge < -0.3 is 24.8 Å². The molecular weight excluding hydrogens is 508 g/mol. The van der Waals surface area contributed by atoms with Crippen LogP contribution in [0.2, 0.25) is 5.02 Å². The molecule has 0 spiro atoms. The highest BCUT2D eigenvalue weighted by Gasteiger charge is 2.30. The summed E-state index contributed by atoms with van der Waals surface area (Å²) in [6, 6.07) is 18.7. The molecule has 0 unspecified atom stereocenters. The normalized spacial score (nSPS) is 14.6. The van der Waals surface area contributed by atoms with Crippen LogP contribution in [0.1, 0.15) is 15.9 Å². The van der Waals surface area contributed by atoms with Crippen molar-refractivity contribution < 1.29 is 24.2 Å². The summed E-state index contributed by atoms with van der Waals surface area (Å²) in [5.41, 5.74) is 1.16. The van der Waals surface area contributed by atoms with Crippen LogP contribution in [0.15, 0.2) is 72.9 Å². The molecule has 3 aromatic rings. The van der Waals surface area contributed by atoms with E-state index in [1.54, 1.807) is 41.3 Å². The number of β-amino-alcohol motifs (C(OH)–C–C–N with tert-alkyl or cyclic N) is 1. The second-order valence-corrected chi connectivity index (χ2v) is 9.27. The number of carbonyl (C=O) groups excluding carboxylic acids is 2. The van der Waals surface area contributed by atoms with Crippen LogP contribution in [0.25, 0.3) is 0 Å². The van der Waals surface area contributed by atoms with Crippen molar-refractivity contribution in [3.63, 3.8) is 0 Å². The molecule has 2 aromatic carbocycles. The maximum Gasteiger partial charge on any atom is 0.257 e. The summed E-state index contributed by atoms with van der Waals surface area (Å²) in [4.78, 5) is 34.9. The van der Waals surface area contributed by atoms with Gasteiger partial charge in [-0.25, -0.2) is 4.98 Å². The number of hydrogen-bond acceptors (Lipinski definition) is 7. The quantitative estimate of drug-likeness (QED) is 0.387. The summed E-state index contributed by atoms with van der Waals surface area (Å²) in [7, 11) is 0. The van der Waals surface area contributed by atoms with Gasteiger partial charge in [0.05, 0.1) is 19.8 Å². The number of nitrogens with one attached hydrogen (secondary N) is 1. The fraction of sp³-hybridized carbons (Fsp3) is 0.321. The summed E-state index contributed by atoms with van der Waals surface area (Å²) in [6.07, 6.45) is 1.53. The number of halogens is 1. The lowest BCUT2D eigenvalue weighted by molar-refractivity contribution is -0.136. The second kappa shape index (κ2) is 13.9. The highest BCUT2D eigenvalue weighted by atomic mass is 35.5. The van der Waals surface area contributed by atoms with Crippen molar-refractivity contribution in [2.75, 3.05) is 45.9 Å². The third-order valence-electron chi connectivity index (χ3n) is 6.14. The predicted molar refractivity (Wildman–Crippen MR) is 143 cm³/mol. The number of benzene rings is 2. The van der Waals surface area contributed by atoms with E-state index in [1.165, 1.54) is 6.20 Å². The molecule has 1 atom stereocenters. The van der Waals surface area contributed by atoms with Crippen LogP contribution < -0.4 is 10.1 Å². The summed E-state index contributed by atoms with van der Waals surface area (Å²) in [6.45, 7) is 3.26. The van der Waals surface area contributed by atoms with E-state index in [0.717, 1.165) is 5.56 Å². The van der Waals surface area contributed by atoms with Gasteiger partial charge >= 0.3 is 0 Å². The molecule has 0 aliphatic carbocycles. The summed E-state index contributed by atoms with van der Waals surface area (Å²) in [5.74, 6) is -0.134. The molecule has 2 N–H and O–H groups in total. The Morgan fingerprint density at radius 2 is 1.74 bits per heavy atom. The number of aliphatic hydroxyl groups excluding tert-OH is 1. The van der Waals surface area contributed by atoms with Crippen molar-refractivity contribution in [2.45, 2.75) is 12.6 Å². The minimum atomic E-state index is -0.904. The van der Waals surface area contributed by atoms with Crippen LogP contribution in [0.4, 0.5) is 0 Å². The second-order valence-electron chi connectivity index (χ2n) is 8.83. The maximum absolute atomic E-state index is 13.5. The Bertz CT molecular complexity index is 1190. The molecule has 38 heavy (non-hydrogen) atoms. The highest BCUT2D eigenvalue weighted by Crippen LogP contribution is 2.24. The van der Waals surface area contributed by atoms with Gasteiger partial charge in [-0.2, -0.15) is 0 Å². The molecule has 10 heteroatoms. The number of pyridine rings is 1. The SMILES string of the molecule is O=C(N[C@H](COCc1ccccc1)C(=O)N1CCN(CCO)CC1)c1cccnc1Oc1ccc(Cl)cc1. The van der Waals surface area contributed by atoms with Gasteiger partial charge in [-0.15, -0.1) is 0 Å². The Morgan fingerprint density at radius 1 is 1.00 bits per heavy atom. The lowest BCUT2D eigenvalue weighted by Gasteiger charge is -2.36. The van der Waals surface area contributed by atoms with E-state index in [1.807, 2.05) is 30.3 Å². The van der Waals surface area contributed by atoms with Gasteiger partial charge in [0, 0.05) is 43.9 Å². The number of piperazine rings is 1. The van der Waals surface area contributed by atoms with Gasteiger partial charge in [-0.05, 0) is 42.0 Å². The van der Waals surface area contributed by atoms with Crippen molar-refractivity contribution in [3.8, 4) is 11.6 Å². The molecule has 0 saturated carbocycles. The minimum absolute atomic E-state index is 0.00393. The van der Waals surface area contributed by atoms with E-state index in [-0.39, 0.29) is 30.6 Å². The van der Waals surface area contributed by atoms with E-state index in [4.69, 9.17) is 21.1 Å². The molecule has 4 rings (SSSR count). The van der Waals surface area contributed by atoms with Crippen molar-refractivity contribution in [3.05, 3.63) is 89.1 Å². The van der Waals surface area contributed by atoms with Crippen LogP contribution in [0.5, 0.6) is 11.6 Å². The zero-order chi connectivity index (χ0) is 26.7. The van der Waals surface area contributed by atoms with Gasteiger partial charge in [0.25, 0.3) is 5.91 Å². The van der Waals surface area contributed by atoms with Gasteiger partial charge in [-0.1, -0.05) is 41.9 Å². The van der Waals surface area contributed by atoms with Crippen LogP contribution >= 0.6 is 11.6 Å². The summed E-state index contributed by atoms with van der Waals surface area (Å²) in [5, 5.41) is 12.6. The first-order valence-corrected chi connectivity index (χ1v) is 12.8. The number of carbonyl (C=O) groups is 2. The van der Waals surface area contributed by atoms with Crippen molar-refractivity contribution in [2.24, 2.45) is 0 Å². The predicted octanol–water partition coefficient (Wildman–Crippen LogP) is 2.98. The topological polar surface area (TPSA) is 104 Å². The molecule has 0 radical (unpaired) electrons. The van der Waals surface area contributed by atoms with Crippen molar-refractivity contribution >= 4 is 23.4 Å². The van der Waals surface area contributed by atoms with Crippen LogP contribution in [-0.2, 0) is 16.1 Å². The van der Waals surface area contributed by atoms with Crippen molar-refractivity contribution in [1.29, 1.82) is 0 Å². The molecule has 9 nitrogen and oxygen atoms in total. The first kappa shape index (κ1) is 27.5. The smallest absolute Gasteiger partial charge is 0.257 e. The van der Waals surface area contributed by atoms with E-state index in [2.05, 4.69) is 15.2 Å². The standard InChI is InChI=1S/C28H31ClN4O5/c29-22-8-10-23(11-9-22)38-27-24(7-4-12-30-27)26(35)31-25(20-37-19-21-5-2-1-3-6-21)28(36)33-15-13-32(14-16-33)17-18-34/h1-12,25,34H,13-20H2,(H,31,35)/t25-/m1/s1. The number of amides is 2. The number of aromatic nitrogens is 1. The number of ether oxygens (including phenoxy) is 2. The Morgan fingerprint density at radius 3 is 2.45 bits per heavy atom. The van der Waals surface area contributed by atoms with E-state index >= 15 is 0 Å². The van der Waals surface area contributed by atoms with E-state index < -0.39 is 11.9 Å². The fourth-order valence-electron chi connectivity index (χ4n) is 4.09. The Balaban J connectivity index is 1.46. The largest absolute Gasteiger partial charge is 0.438 e. The first-order valence-electron chi connectivity index (χ1n) is 12.5. The van der Waals surface area contributed by atoms with Crippen LogP contribution in [0, 0.1) is 0 Å². The van der Waals surface area contributed by atoms with Crippen molar-refractivity contribution in [1.82, 2.24) is 20.1 Å². The lowest BCUT2D eigenvalue weighted by Crippen LogP contribution is -2.56. The first-order chi connectivity index (χ1) is 18.5. The molecule has 1 fully saturated rings. The van der Waals surface area contributed by atoms with Crippen LogP contribution in [0.3, 0.4) is 0 Å². The van der Waals surface area contributed by atoms with Crippen LogP contribution in [-0.4, -0.2) is 83.7 Å². The van der Waals surface area contributed by atoms with Gasteiger partial charge in [0.15, 0.2) is 0 Å². The third kappa shape index (κ3) is 7.75. The Kier molecular flexibility index (Phi) is 10.1. The summed E-state index contributed by atoms with van der Waals surface area (Å²) >= 11 is 5.95. The molecule has 2 heterocycles. The summed E-state index contributed by atoms with van der Waals surface area (Å²) < 4.78 is 11.7. The van der Waals surface area contributed by atoms with Gasteiger partial charge in [-0.3, -0.25) is 14.5 Å². The maximum atomic E-state index is 13.5. The third-order valence-corrected chi connectivity index (χ3v) is 6.40. The molecule has 2 amide bonds. The van der Waals surface area contributed by atoms with E-state index in [0.29, 0.717) is 50.1 Å². The molecule has 1 aromatic heterocycles. The van der Waals surface area contributed by atoms with E-state index in [9.17, 15) is 14.7 Å². The number of nitrogens with zero attached hydrogens (tertiary/aromatic N) is 3. The Hall–Kier alpha value is -3.50. The lowest BCUT2D eigenvalue weighted by atomic mass is 10.2. The Labute approximate surface area is 226 Å². The number of rotatable bonds is 11. The molecule has 1 aliphatic heterocycles. The molecule has 200 valence electrons. The average Bonchev–Trinajstić information content (AvgIpc) is 2.95. The van der Waals surface area contributed by atoms with Gasteiger partial charge in [0.2, 0.25) is 11.8 Å². The molecule has 1 saturated heterocycles. The molecule has 0 bridgehead atoms.